The smallest absolute Gasteiger partial charge is 0.331 e. The SMILES string of the molecule is O=C(O)C(Nc1ccccc1F)c1cncs1. The summed E-state index contributed by atoms with van der Waals surface area (Å²) in [6, 6.07) is 4.96. The molecule has 0 bridgehead atoms. The summed E-state index contributed by atoms with van der Waals surface area (Å²) in [5.41, 5.74) is 1.70. The molecular weight excluding hydrogens is 243 g/mol. The quantitative estimate of drug-likeness (QED) is 0.877. The van der Waals surface area contributed by atoms with Gasteiger partial charge in [-0.25, -0.2) is 9.18 Å². The number of thiazole rings is 1. The largest absolute Gasteiger partial charge is 0.479 e. The number of halogens is 1. The fourth-order valence-electron chi connectivity index (χ4n) is 1.36. The van der Waals surface area contributed by atoms with E-state index in [1.54, 1.807) is 12.1 Å². The second-order valence-corrected chi connectivity index (χ2v) is 4.22. The highest BCUT2D eigenvalue weighted by molar-refractivity contribution is 7.09. The number of para-hydroxylation sites is 1. The van der Waals surface area contributed by atoms with Crippen molar-refractivity contribution in [3.05, 3.63) is 46.7 Å². The molecule has 6 heteroatoms. The van der Waals surface area contributed by atoms with Gasteiger partial charge in [-0.1, -0.05) is 12.1 Å². The van der Waals surface area contributed by atoms with Crippen LogP contribution in [0.15, 0.2) is 36.0 Å². The van der Waals surface area contributed by atoms with Crippen LogP contribution < -0.4 is 5.32 Å². The summed E-state index contributed by atoms with van der Waals surface area (Å²) in [6.07, 6.45) is 1.46. The van der Waals surface area contributed by atoms with Gasteiger partial charge in [0.1, 0.15) is 5.82 Å². The van der Waals surface area contributed by atoms with Crippen LogP contribution in [0.5, 0.6) is 0 Å². The summed E-state index contributed by atoms with van der Waals surface area (Å²) < 4.78 is 13.4. The summed E-state index contributed by atoms with van der Waals surface area (Å²) in [5.74, 6) is -1.55. The Labute approximate surface area is 101 Å². The van der Waals surface area contributed by atoms with Crippen molar-refractivity contribution in [1.82, 2.24) is 4.98 Å². The lowest BCUT2D eigenvalue weighted by molar-refractivity contribution is -0.138. The molecule has 0 aliphatic rings. The first-order chi connectivity index (χ1) is 8.18. The zero-order chi connectivity index (χ0) is 12.3. The lowest BCUT2D eigenvalue weighted by atomic mass is 10.2. The maximum atomic E-state index is 13.4. The van der Waals surface area contributed by atoms with Crippen LogP contribution in [0.4, 0.5) is 10.1 Å². The van der Waals surface area contributed by atoms with Gasteiger partial charge in [-0.3, -0.25) is 4.98 Å². The number of rotatable bonds is 4. The van der Waals surface area contributed by atoms with E-state index in [0.29, 0.717) is 4.88 Å². The Balaban J connectivity index is 2.26. The molecule has 88 valence electrons. The third-order valence-electron chi connectivity index (χ3n) is 2.16. The fraction of sp³-hybridized carbons (Fsp3) is 0.0909. The van der Waals surface area contributed by atoms with Crippen molar-refractivity contribution in [1.29, 1.82) is 0 Å². The number of aliphatic carboxylic acids is 1. The molecule has 2 aromatic rings. The second kappa shape index (κ2) is 4.92. The summed E-state index contributed by atoms with van der Waals surface area (Å²) >= 11 is 1.21. The van der Waals surface area contributed by atoms with Crippen molar-refractivity contribution in [2.45, 2.75) is 6.04 Å². The van der Waals surface area contributed by atoms with Gasteiger partial charge in [0.05, 0.1) is 16.1 Å². The zero-order valence-electron chi connectivity index (χ0n) is 8.63. The van der Waals surface area contributed by atoms with Crippen LogP contribution in [-0.4, -0.2) is 16.1 Å². The van der Waals surface area contributed by atoms with E-state index in [1.807, 2.05) is 0 Å². The minimum absolute atomic E-state index is 0.160. The van der Waals surface area contributed by atoms with Gasteiger partial charge in [0.15, 0.2) is 6.04 Å². The lowest BCUT2D eigenvalue weighted by Crippen LogP contribution is -2.20. The van der Waals surface area contributed by atoms with Crippen molar-refractivity contribution in [3.8, 4) is 0 Å². The molecule has 0 aliphatic heterocycles. The molecule has 2 N–H and O–H groups in total. The first-order valence-corrected chi connectivity index (χ1v) is 5.68. The third kappa shape index (κ3) is 2.59. The highest BCUT2D eigenvalue weighted by atomic mass is 32.1. The fourth-order valence-corrected chi connectivity index (χ4v) is 2.02. The van der Waals surface area contributed by atoms with Crippen LogP contribution >= 0.6 is 11.3 Å². The number of carboxylic acids is 1. The van der Waals surface area contributed by atoms with Crippen LogP contribution in [-0.2, 0) is 4.79 Å². The standard InChI is InChI=1S/C11H9FN2O2S/c12-7-3-1-2-4-8(7)14-10(11(15)16)9-5-13-6-17-9/h1-6,10,14H,(H,15,16). The number of hydrogen-bond donors (Lipinski definition) is 2. The Morgan fingerprint density at radius 3 is 2.82 bits per heavy atom. The number of nitrogens with one attached hydrogen (secondary N) is 1. The van der Waals surface area contributed by atoms with Gasteiger partial charge in [-0.05, 0) is 12.1 Å². The predicted molar refractivity (Wildman–Crippen MR) is 62.5 cm³/mol. The summed E-state index contributed by atoms with van der Waals surface area (Å²) in [7, 11) is 0. The number of anilines is 1. The average Bonchev–Trinajstić information content (AvgIpc) is 2.81. The predicted octanol–water partition coefficient (Wildman–Crippen LogP) is 2.52. The molecule has 0 radical (unpaired) electrons. The minimum Gasteiger partial charge on any atom is -0.479 e. The first-order valence-electron chi connectivity index (χ1n) is 4.80. The highest BCUT2D eigenvalue weighted by Crippen LogP contribution is 2.24. The Bertz CT molecular complexity index is 516. The minimum atomic E-state index is -1.07. The van der Waals surface area contributed by atoms with Gasteiger partial charge in [0.2, 0.25) is 0 Å². The number of carbonyl (C=O) groups is 1. The molecule has 1 heterocycles. The van der Waals surface area contributed by atoms with Crippen molar-refractivity contribution in [3.63, 3.8) is 0 Å². The van der Waals surface area contributed by atoms with Gasteiger partial charge in [0.25, 0.3) is 0 Å². The number of benzene rings is 1. The molecule has 0 saturated carbocycles. The van der Waals surface area contributed by atoms with Crippen molar-refractivity contribution >= 4 is 23.0 Å². The third-order valence-corrected chi connectivity index (χ3v) is 3.00. The van der Waals surface area contributed by atoms with E-state index in [4.69, 9.17) is 5.11 Å². The second-order valence-electron chi connectivity index (χ2n) is 3.30. The number of hydrogen-bond acceptors (Lipinski definition) is 4. The van der Waals surface area contributed by atoms with E-state index in [1.165, 1.54) is 35.2 Å². The van der Waals surface area contributed by atoms with Crippen LogP contribution in [0, 0.1) is 5.82 Å². The summed E-state index contributed by atoms with van der Waals surface area (Å²) in [4.78, 5) is 15.4. The zero-order valence-corrected chi connectivity index (χ0v) is 9.45. The van der Waals surface area contributed by atoms with Gasteiger partial charge in [-0.15, -0.1) is 11.3 Å². The van der Waals surface area contributed by atoms with Gasteiger partial charge < -0.3 is 10.4 Å². The molecule has 4 nitrogen and oxygen atoms in total. The molecule has 0 fully saturated rings. The topological polar surface area (TPSA) is 62.2 Å². The van der Waals surface area contributed by atoms with Crippen LogP contribution in [0.2, 0.25) is 0 Å². The first kappa shape index (κ1) is 11.5. The van der Waals surface area contributed by atoms with E-state index in [0.717, 1.165) is 0 Å². The van der Waals surface area contributed by atoms with Gasteiger partial charge >= 0.3 is 5.97 Å². The van der Waals surface area contributed by atoms with Gasteiger partial charge in [-0.2, -0.15) is 0 Å². The molecule has 0 spiro atoms. The van der Waals surface area contributed by atoms with Crippen LogP contribution in [0.25, 0.3) is 0 Å². The monoisotopic (exact) mass is 252 g/mol. The average molecular weight is 252 g/mol. The lowest BCUT2D eigenvalue weighted by Gasteiger charge is -2.14. The molecule has 0 amide bonds. The summed E-state index contributed by atoms with van der Waals surface area (Å²) in [5, 5.41) is 11.7. The van der Waals surface area contributed by atoms with Crippen molar-refractivity contribution < 1.29 is 14.3 Å². The molecule has 0 aliphatic carbocycles. The van der Waals surface area contributed by atoms with E-state index in [-0.39, 0.29) is 5.69 Å². The Morgan fingerprint density at radius 2 is 2.24 bits per heavy atom. The molecule has 1 aromatic heterocycles. The number of nitrogens with zero attached hydrogens (tertiary/aromatic N) is 1. The van der Waals surface area contributed by atoms with E-state index in [9.17, 15) is 9.18 Å². The van der Waals surface area contributed by atoms with E-state index < -0.39 is 17.8 Å². The maximum absolute atomic E-state index is 13.4. The molecular formula is C11H9FN2O2S. The van der Waals surface area contributed by atoms with E-state index >= 15 is 0 Å². The van der Waals surface area contributed by atoms with E-state index in [2.05, 4.69) is 10.3 Å². The Morgan fingerprint density at radius 1 is 1.47 bits per heavy atom. The maximum Gasteiger partial charge on any atom is 0.331 e. The summed E-state index contributed by atoms with van der Waals surface area (Å²) in [6.45, 7) is 0. The van der Waals surface area contributed by atoms with Gasteiger partial charge in [0, 0.05) is 6.20 Å². The molecule has 1 unspecified atom stereocenters. The number of carboxylic acid groups (broad SMARTS) is 1. The van der Waals surface area contributed by atoms with Crippen molar-refractivity contribution in [2.75, 3.05) is 5.32 Å². The van der Waals surface area contributed by atoms with Crippen molar-refractivity contribution in [2.24, 2.45) is 0 Å². The molecule has 1 aromatic carbocycles. The molecule has 17 heavy (non-hydrogen) atoms. The number of aromatic nitrogens is 1. The normalized spacial score (nSPS) is 12.1. The van der Waals surface area contributed by atoms with Crippen LogP contribution in [0.1, 0.15) is 10.9 Å². The molecule has 2 rings (SSSR count). The molecule has 0 saturated heterocycles. The van der Waals surface area contributed by atoms with Crippen LogP contribution in [0.3, 0.4) is 0 Å². The highest BCUT2D eigenvalue weighted by Gasteiger charge is 2.22. The Kier molecular flexibility index (Phi) is 3.34. The Hall–Kier alpha value is -1.95. The molecule has 1 atom stereocenters.